The maximum atomic E-state index is 8.70. The van der Waals surface area contributed by atoms with E-state index in [0.29, 0.717) is 6.54 Å². The summed E-state index contributed by atoms with van der Waals surface area (Å²) < 4.78 is 0. The molecule has 1 rings (SSSR count). The monoisotopic (exact) mass is 175 g/mol. The Morgan fingerprint density at radius 2 is 2.23 bits per heavy atom. The van der Waals surface area contributed by atoms with Crippen molar-refractivity contribution in [2.75, 3.05) is 11.9 Å². The van der Waals surface area contributed by atoms with E-state index in [0.717, 1.165) is 12.1 Å². The largest absolute Gasteiger partial charge is 0.384 e. The molecule has 1 aromatic heterocycles. The minimum Gasteiger partial charge on any atom is -0.384 e. The fraction of sp³-hybridized carbons (Fsp3) is 0.400. The number of hydrogen-bond donors (Lipinski definition) is 1. The van der Waals surface area contributed by atoms with E-state index in [1.165, 1.54) is 0 Å². The maximum Gasteiger partial charge on any atom is 0.0674 e. The third-order valence-electron chi connectivity index (χ3n) is 1.91. The molecular formula is C10H13N3. The number of rotatable bonds is 4. The Balaban J connectivity index is 2.40. The molecular weight excluding hydrogens is 162 g/mol. The molecule has 0 saturated heterocycles. The highest BCUT2D eigenvalue weighted by Crippen LogP contribution is 2.06. The zero-order chi connectivity index (χ0) is 9.52. The van der Waals surface area contributed by atoms with E-state index in [-0.39, 0.29) is 5.92 Å². The lowest BCUT2D eigenvalue weighted by molar-refractivity contribution is 0.674. The summed E-state index contributed by atoms with van der Waals surface area (Å²) in [6.45, 7) is 2.72. The number of nitriles is 1. The molecule has 0 fully saturated rings. The molecule has 0 aliphatic carbocycles. The van der Waals surface area contributed by atoms with Crippen LogP contribution in [0, 0.1) is 17.2 Å². The first-order valence-corrected chi connectivity index (χ1v) is 4.40. The van der Waals surface area contributed by atoms with Gasteiger partial charge in [-0.1, -0.05) is 6.92 Å². The third-order valence-corrected chi connectivity index (χ3v) is 1.91. The van der Waals surface area contributed by atoms with Gasteiger partial charge in [0.15, 0.2) is 0 Å². The van der Waals surface area contributed by atoms with Crippen molar-refractivity contribution in [3.63, 3.8) is 0 Å². The molecule has 1 heterocycles. The summed E-state index contributed by atoms with van der Waals surface area (Å²) in [5.74, 6) is 0.0909. The van der Waals surface area contributed by atoms with E-state index < -0.39 is 0 Å². The van der Waals surface area contributed by atoms with Gasteiger partial charge in [0.25, 0.3) is 0 Å². The number of nitrogens with zero attached hydrogens (tertiary/aromatic N) is 2. The Hall–Kier alpha value is -1.56. The Labute approximate surface area is 78.4 Å². The first-order valence-electron chi connectivity index (χ1n) is 4.40. The maximum absolute atomic E-state index is 8.70. The first-order chi connectivity index (χ1) is 6.36. The van der Waals surface area contributed by atoms with Crippen LogP contribution in [-0.4, -0.2) is 11.5 Å². The van der Waals surface area contributed by atoms with Gasteiger partial charge in [-0.15, -0.1) is 0 Å². The van der Waals surface area contributed by atoms with Crippen LogP contribution in [0.3, 0.4) is 0 Å². The van der Waals surface area contributed by atoms with Crippen LogP contribution < -0.4 is 5.32 Å². The molecule has 1 atom stereocenters. The van der Waals surface area contributed by atoms with Gasteiger partial charge in [-0.05, 0) is 18.6 Å². The van der Waals surface area contributed by atoms with E-state index in [1.807, 2.05) is 19.1 Å². The van der Waals surface area contributed by atoms with Gasteiger partial charge >= 0.3 is 0 Å². The van der Waals surface area contributed by atoms with Crippen LogP contribution in [0.4, 0.5) is 5.69 Å². The van der Waals surface area contributed by atoms with Crippen LogP contribution in [0.1, 0.15) is 13.3 Å². The topological polar surface area (TPSA) is 48.7 Å². The van der Waals surface area contributed by atoms with E-state index in [1.54, 1.807) is 12.4 Å². The lowest BCUT2D eigenvalue weighted by Crippen LogP contribution is -2.11. The highest BCUT2D eigenvalue weighted by molar-refractivity contribution is 5.40. The molecule has 3 nitrogen and oxygen atoms in total. The summed E-state index contributed by atoms with van der Waals surface area (Å²) in [6, 6.07) is 6.03. The third kappa shape index (κ3) is 3.12. The molecule has 3 heteroatoms. The molecule has 0 aromatic carbocycles. The number of anilines is 1. The van der Waals surface area contributed by atoms with Crippen molar-refractivity contribution in [1.82, 2.24) is 4.98 Å². The Kier molecular flexibility index (Phi) is 3.77. The molecule has 1 N–H and O–H groups in total. The van der Waals surface area contributed by atoms with Gasteiger partial charge in [0.2, 0.25) is 0 Å². The SMILES string of the molecule is CCC(C#N)CNc1ccncc1. The average Bonchev–Trinajstić information content (AvgIpc) is 2.21. The molecule has 68 valence electrons. The van der Waals surface area contributed by atoms with Crippen LogP contribution in [0.25, 0.3) is 0 Å². The second-order valence-electron chi connectivity index (χ2n) is 2.85. The van der Waals surface area contributed by atoms with Gasteiger partial charge in [-0.3, -0.25) is 4.98 Å². The first kappa shape index (κ1) is 9.53. The van der Waals surface area contributed by atoms with Gasteiger partial charge in [0.1, 0.15) is 0 Å². The van der Waals surface area contributed by atoms with Crippen LogP contribution in [-0.2, 0) is 0 Å². The molecule has 0 radical (unpaired) electrons. The van der Waals surface area contributed by atoms with Crippen LogP contribution in [0.15, 0.2) is 24.5 Å². The molecule has 0 aliphatic rings. The molecule has 0 aliphatic heterocycles. The van der Waals surface area contributed by atoms with Crippen LogP contribution in [0.2, 0.25) is 0 Å². The second kappa shape index (κ2) is 5.15. The fourth-order valence-electron chi connectivity index (χ4n) is 0.992. The van der Waals surface area contributed by atoms with E-state index in [4.69, 9.17) is 5.26 Å². The number of pyridine rings is 1. The van der Waals surface area contributed by atoms with Crippen molar-refractivity contribution in [2.24, 2.45) is 5.92 Å². The minimum atomic E-state index is 0.0909. The summed E-state index contributed by atoms with van der Waals surface area (Å²) in [4.78, 5) is 3.91. The van der Waals surface area contributed by atoms with Gasteiger partial charge in [0, 0.05) is 24.6 Å². The average molecular weight is 175 g/mol. The molecule has 0 saturated carbocycles. The quantitative estimate of drug-likeness (QED) is 0.761. The van der Waals surface area contributed by atoms with Gasteiger partial charge in [-0.2, -0.15) is 5.26 Å². The highest BCUT2D eigenvalue weighted by atomic mass is 14.9. The molecule has 13 heavy (non-hydrogen) atoms. The fourth-order valence-corrected chi connectivity index (χ4v) is 0.992. The molecule has 0 spiro atoms. The van der Waals surface area contributed by atoms with Crippen molar-refractivity contribution in [1.29, 1.82) is 5.26 Å². The Morgan fingerprint density at radius 1 is 1.54 bits per heavy atom. The predicted octanol–water partition coefficient (Wildman–Crippen LogP) is 2.04. The second-order valence-corrected chi connectivity index (χ2v) is 2.85. The van der Waals surface area contributed by atoms with Gasteiger partial charge < -0.3 is 5.32 Å². The van der Waals surface area contributed by atoms with Crippen molar-refractivity contribution in [2.45, 2.75) is 13.3 Å². The van der Waals surface area contributed by atoms with Crippen molar-refractivity contribution in [3.05, 3.63) is 24.5 Å². The number of nitrogens with one attached hydrogen (secondary N) is 1. The number of aromatic nitrogens is 1. The molecule has 0 bridgehead atoms. The lowest BCUT2D eigenvalue weighted by Gasteiger charge is -2.08. The zero-order valence-corrected chi connectivity index (χ0v) is 7.70. The number of hydrogen-bond acceptors (Lipinski definition) is 3. The summed E-state index contributed by atoms with van der Waals surface area (Å²) in [6.07, 6.45) is 4.35. The van der Waals surface area contributed by atoms with E-state index in [9.17, 15) is 0 Å². The smallest absolute Gasteiger partial charge is 0.0674 e. The van der Waals surface area contributed by atoms with Crippen molar-refractivity contribution in [3.8, 4) is 6.07 Å². The summed E-state index contributed by atoms with van der Waals surface area (Å²) >= 11 is 0. The molecule has 1 unspecified atom stereocenters. The Bertz CT molecular complexity index is 276. The Morgan fingerprint density at radius 3 is 2.77 bits per heavy atom. The van der Waals surface area contributed by atoms with Crippen LogP contribution in [0.5, 0.6) is 0 Å². The zero-order valence-electron chi connectivity index (χ0n) is 7.70. The normalized spacial score (nSPS) is 11.7. The van der Waals surface area contributed by atoms with E-state index in [2.05, 4.69) is 16.4 Å². The molecule has 0 amide bonds. The van der Waals surface area contributed by atoms with Crippen molar-refractivity contribution >= 4 is 5.69 Å². The lowest BCUT2D eigenvalue weighted by atomic mass is 10.1. The summed E-state index contributed by atoms with van der Waals surface area (Å²) in [5.41, 5.74) is 1.02. The highest BCUT2D eigenvalue weighted by Gasteiger charge is 2.02. The summed E-state index contributed by atoms with van der Waals surface area (Å²) in [5, 5.41) is 11.9. The minimum absolute atomic E-state index is 0.0909. The summed E-state index contributed by atoms with van der Waals surface area (Å²) in [7, 11) is 0. The van der Waals surface area contributed by atoms with E-state index >= 15 is 0 Å². The van der Waals surface area contributed by atoms with Crippen molar-refractivity contribution < 1.29 is 0 Å². The predicted molar refractivity (Wildman–Crippen MR) is 52.1 cm³/mol. The standard InChI is InChI=1S/C10H13N3/c1-2-9(7-11)8-13-10-3-5-12-6-4-10/h3-6,9H,2,8H2,1H3,(H,12,13). The van der Waals surface area contributed by atoms with Gasteiger partial charge in [-0.25, -0.2) is 0 Å². The van der Waals surface area contributed by atoms with Gasteiger partial charge in [0.05, 0.1) is 12.0 Å². The van der Waals surface area contributed by atoms with Crippen LogP contribution >= 0.6 is 0 Å². The molecule has 1 aromatic rings.